The summed E-state index contributed by atoms with van der Waals surface area (Å²) in [6.45, 7) is 0.316. The lowest BCUT2D eigenvalue weighted by Crippen LogP contribution is -2.65. The number of hydrogen-bond acceptors (Lipinski definition) is 5. The van der Waals surface area contributed by atoms with E-state index in [0.717, 1.165) is 31.4 Å². The first kappa shape index (κ1) is 27.8. The molecule has 4 amide bonds. The van der Waals surface area contributed by atoms with Crippen LogP contribution in [0.3, 0.4) is 0 Å². The Morgan fingerprint density at radius 3 is 1.78 bits per heavy atom. The number of hydrogen-bond donors (Lipinski definition) is 1. The van der Waals surface area contributed by atoms with Crippen molar-refractivity contribution in [2.75, 3.05) is 7.11 Å². The summed E-state index contributed by atoms with van der Waals surface area (Å²) in [5.41, 5.74) is 1.96. The van der Waals surface area contributed by atoms with E-state index >= 15 is 0 Å². The van der Waals surface area contributed by atoms with E-state index in [2.05, 4.69) is 37.2 Å². The summed E-state index contributed by atoms with van der Waals surface area (Å²) in [7, 11) is 1.61. The number of imide groups is 2. The molecule has 1 N–H and O–H groups in total. The van der Waals surface area contributed by atoms with E-state index in [1.165, 1.54) is 4.90 Å². The molecule has 6 aliphatic rings. The summed E-state index contributed by atoms with van der Waals surface area (Å²) in [4.78, 5) is 50.4. The SMILES string of the molecule is COc1ccc(CN2C(=O)C3CC(c4ccc(Br)cc4)(C3)C2=O)cc1.O=C1NC(=O)C2(c3ccc(Br)cc3)CC1C2. The monoisotopic (exact) mass is 678 g/mol. The van der Waals surface area contributed by atoms with Gasteiger partial charge in [-0.25, -0.2) is 0 Å². The fourth-order valence-electron chi connectivity index (χ4n) is 6.52. The molecular weight excluding hydrogens is 652 g/mol. The van der Waals surface area contributed by atoms with Crippen LogP contribution in [0.25, 0.3) is 0 Å². The number of benzene rings is 3. The second-order valence-electron chi connectivity index (χ2n) is 11.3. The largest absolute Gasteiger partial charge is 0.497 e. The molecule has 7 nitrogen and oxygen atoms in total. The van der Waals surface area contributed by atoms with E-state index in [1.54, 1.807) is 7.11 Å². The van der Waals surface area contributed by atoms with Crippen LogP contribution >= 0.6 is 31.9 Å². The molecular formula is C32H28Br2N2O5. The highest BCUT2D eigenvalue weighted by Gasteiger charge is 2.61. The number of piperidine rings is 4. The summed E-state index contributed by atoms with van der Waals surface area (Å²) in [5.74, 6) is 0.388. The molecule has 9 rings (SSSR count). The van der Waals surface area contributed by atoms with Gasteiger partial charge in [0.05, 0.1) is 24.5 Å². The van der Waals surface area contributed by atoms with Crippen LogP contribution in [0.4, 0.5) is 0 Å². The van der Waals surface area contributed by atoms with Gasteiger partial charge in [-0.3, -0.25) is 29.4 Å². The van der Waals surface area contributed by atoms with Gasteiger partial charge in [0, 0.05) is 20.8 Å². The van der Waals surface area contributed by atoms with E-state index in [9.17, 15) is 19.2 Å². The molecule has 41 heavy (non-hydrogen) atoms. The number of carbonyl (C=O) groups excluding carboxylic acids is 4. The van der Waals surface area contributed by atoms with Crippen LogP contribution in [0.5, 0.6) is 5.75 Å². The van der Waals surface area contributed by atoms with Gasteiger partial charge in [0.15, 0.2) is 0 Å². The summed E-state index contributed by atoms with van der Waals surface area (Å²) in [6, 6.07) is 23.1. The van der Waals surface area contributed by atoms with E-state index < -0.39 is 10.8 Å². The quantitative estimate of drug-likeness (QED) is 0.364. The fraction of sp³-hybridized carbons (Fsp3) is 0.312. The molecule has 0 aromatic heterocycles. The van der Waals surface area contributed by atoms with Crippen molar-refractivity contribution in [1.29, 1.82) is 0 Å². The summed E-state index contributed by atoms with van der Waals surface area (Å²) in [5, 5.41) is 2.44. The van der Waals surface area contributed by atoms with E-state index in [0.29, 0.717) is 32.2 Å². The lowest BCUT2D eigenvalue weighted by molar-refractivity contribution is -0.169. The lowest BCUT2D eigenvalue weighted by atomic mass is 9.55. The molecule has 0 unspecified atom stereocenters. The first-order valence-corrected chi connectivity index (χ1v) is 15.1. The van der Waals surface area contributed by atoms with Crippen LogP contribution in [0.15, 0.2) is 81.7 Å². The Bertz CT molecular complexity index is 1520. The van der Waals surface area contributed by atoms with Gasteiger partial charge < -0.3 is 4.74 Å². The number of nitrogens with zero attached hydrogens (tertiary/aromatic N) is 1. The third kappa shape index (κ3) is 4.73. The number of ether oxygens (including phenoxy) is 1. The third-order valence-electron chi connectivity index (χ3n) is 8.98. The molecule has 0 spiro atoms. The second kappa shape index (κ2) is 10.5. The average Bonchev–Trinajstić information content (AvgIpc) is 2.92. The maximum absolute atomic E-state index is 13.2. The van der Waals surface area contributed by atoms with E-state index in [4.69, 9.17) is 4.74 Å². The minimum atomic E-state index is -0.536. The molecule has 4 bridgehead atoms. The van der Waals surface area contributed by atoms with Crippen molar-refractivity contribution in [1.82, 2.24) is 10.2 Å². The third-order valence-corrected chi connectivity index (χ3v) is 10.0. The van der Waals surface area contributed by atoms with Crippen molar-refractivity contribution in [3.05, 3.63) is 98.4 Å². The van der Waals surface area contributed by atoms with Gasteiger partial charge in [-0.15, -0.1) is 0 Å². The topological polar surface area (TPSA) is 92.8 Å². The fourth-order valence-corrected chi connectivity index (χ4v) is 7.05. The standard InChI is InChI=1S/C20H18BrNO3.C12H10BrNO2/c1-25-17-8-2-13(3-9-17)12-22-18(23)14-10-20(11-14,19(22)24)15-4-6-16(21)7-5-15;13-9-3-1-8(2-4-9)12-5-7(6-12)10(15)14-11(12)16/h2-9,14H,10-12H2,1H3;1-4,7H,5-6H2,(H,14,15,16). The van der Waals surface area contributed by atoms with Crippen molar-refractivity contribution in [3.63, 3.8) is 0 Å². The highest BCUT2D eigenvalue weighted by molar-refractivity contribution is 9.10. The van der Waals surface area contributed by atoms with Gasteiger partial charge in [0.1, 0.15) is 5.75 Å². The molecule has 4 heterocycles. The Kier molecular flexibility index (Phi) is 7.14. The molecule has 2 aliphatic carbocycles. The number of methoxy groups -OCH3 is 1. The van der Waals surface area contributed by atoms with Crippen LogP contribution in [-0.4, -0.2) is 35.6 Å². The number of rotatable bonds is 5. The van der Waals surface area contributed by atoms with Gasteiger partial charge in [-0.2, -0.15) is 0 Å². The zero-order chi connectivity index (χ0) is 28.9. The Labute approximate surface area is 254 Å². The first-order chi connectivity index (χ1) is 19.6. The molecule has 0 atom stereocenters. The number of nitrogens with one attached hydrogen (secondary N) is 1. The maximum atomic E-state index is 13.2. The molecule has 210 valence electrons. The molecule has 3 aromatic rings. The van der Waals surface area contributed by atoms with Crippen LogP contribution in [0.2, 0.25) is 0 Å². The Morgan fingerprint density at radius 1 is 0.756 bits per heavy atom. The number of carbonyl (C=O) groups is 4. The minimum absolute atomic E-state index is 0.0290. The van der Waals surface area contributed by atoms with Crippen molar-refractivity contribution < 1.29 is 23.9 Å². The predicted molar refractivity (Wildman–Crippen MR) is 159 cm³/mol. The minimum Gasteiger partial charge on any atom is -0.497 e. The van der Waals surface area contributed by atoms with Crippen LogP contribution in [-0.2, 0) is 36.6 Å². The molecule has 6 fully saturated rings. The molecule has 0 radical (unpaired) electrons. The number of halogens is 2. The van der Waals surface area contributed by atoms with Crippen molar-refractivity contribution in [2.45, 2.75) is 43.1 Å². The Balaban J connectivity index is 0.000000162. The van der Waals surface area contributed by atoms with E-state index in [1.807, 2.05) is 72.8 Å². The first-order valence-electron chi connectivity index (χ1n) is 13.5. The molecule has 4 aliphatic heterocycles. The van der Waals surface area contributed by atoms with Crippen molar-refractivity contribution in [2.24, 2.45) is 11.8 Å². The van der Waals surface area contributed by atoms with Crippen LogP contribution in [0.1, 0.15) is 42.4 Å². The van der Waals surface area contributed by atoms with Crippen molar-refractivity contribution in [3.8, 4) is 5.75 Å². The van der Waals surface area contributed by atoms with Crippen LogP contribution in [0, 0.1) is 11.8 Å². The predicted octanol–water partition coefficient (Wildman–Crippen LogP) is 5.43. The second-order valence-corrected chi connectivity index (χ2v) is 13.1. The number of amides is 4. The smallest absolute Gasteiger partial charge is 0.240 e. The van der Waals surface area contributed by atoms with Gasteiger partial charge in [0.25, 0.3) is 0 Å². The van der Waals surface area contributed by atoms with Gasteiger partial charge in [0.2, 0.25) is 23.6 Å². The van der Waals surface area contributed by atoms with Crippen LogP contribution < -0.4 is 10.1 Å². The average molecular weight is 680 g/mol. The Morgan fingerprint density at radius 2 is 1.27 bits per heavy atom. The van der Waals surface area contributed by atoms with Gasteiger partial charge >= 0.3 is 0 Å². The zero-order valence-electron chi connectivity index (χ0n) is 22.4. The summed E-state index contributed by atoms with van der Waals surface area (Å²) < 4.78 is 7.14. The molecule has 3 aromatic carbocycles. The van der Waals surface area contributed by atoms with Gasteiger partial charge in [-0.05, 0) is 78.8 Å². The highest BCUT2D eigenvalue weighted by atomic mass is 79.9. The molecule has 9 heteroatoms. The lowest BCUT2D eigenvalue weighted by Gasteiger charge is -2.53. The summed E-state index contributed by atoms with van der Waals surface area (Å²) in [6.07, 6.45) is 2.59. The summed E-state index contributed by atoms with van der Waals surface area (Å²) >= 11 is 6.80. The normalized spacial score (nSPS) is 27.6. The molecule has 2 saturated carbocycles. The highest BCUT2D eigenvalue weighted by Crippen LogP contribution is 2.54. The molecule has 4 saturated heterocycles. The number of fused-ring (bicyclic) bond motifs is 4. The zero-order valence-corrected chi connectivity index (χ0v) is 25.5. The van der Waals surface area contributed by atoms with Gasteiger partial charge in [-0.1, -0.05) is 68.3 Å². The van der Waals surface area contributed by atoms with E-state index in [-0.39, 0.29) is 35.5 Å². The Hall–Kier alpha value is -3.30. The maximum Gasteiger partial charge on any atom is 0.240 e. The van der Waals surface area contributed by atoms with Crippen molar-refractivity contribution >= 4 is 55.5 Å².